The molecule has 12 heavy (non-hydrogen) atoms. The summed E-state index contributed by atoms with van der Waals surface area (Å²) in [5, 5.41) is 0. The van der Waals surface area contributed by atoms with Crippen molar-refractivity contribution in [1.82, 2.24) is 4.90 Å². The molecule has 1 rings (SSSR count). The Kier molecular flexibility index (Phi) is 8.61. The molecule has 0 saturated carbocycles. The highest BCUT2D eigenvalue weighted by Crippen LogP contribution is 2.07. The summed E-state index contributed by atoms with van der Waals surface area (Å²) in [6.07, 6.45) is 4.41. The van der Waals surface area contributed by atoms with Crippen molar-refractivity contribution in [2.24, 2.45) is 5.73 Å². The van der Waals surface area contributed by atoms with E-state index in [0.717, 1.165) is 12.4 Å². The van der Waals surface area contributed by atoms with Crippen LogP contribution < -0.4 is 5.73 Å². The quantitative estimate of drug-likeness (QED) is 0.520. The largest absolute Gasteiger partial charge is 0.372 e. The van der Waals surface area contributed by atoms with Gasteiger partial charge in [-0.05, 0) is 25.9 Å². The molecule has 1 aliphatic heterocycles. The Bertz CT molecular complexity index is 102. The maximum atomic E-state index is 8.58. The lowest BCUT2D eigenvalue weighted by atomic mass is 10.1. The Labute approximate surface area is 78.9 Å². The number of amides is 1. The molecule has 0 aromatic heterocycles. The maximum Gasteiger partial charge on any atom is 0.204 e. The molecule has 1 heterocycles. The van der Waals surface area contributed by atoms with Gasteiger partial charge in [-0.2, -0.15) is 0 Å². The topological polar surface area (TPSA) is 46.3 Å². The fraction of sp³-hybridized carbons (Fsp3) is 0.875. The van der Waals surface area contributed by atoms with Gasteiger partial charge in [-0.1, -0.05) is 6.42 Å². The Morgan fingerprint density at radius 1 is 1.33 bits per heavy atom. The van der Waals surface area contributed by atoms with E-state index in [1.807, 2.05) is 0 Å². The van der Waals surface area contributed by atoms with Gasteiger partial charge in [-0.25, -0.2) is 0 Å². The third kappa shape index (κ3) is 6.43. The van der Waals surface area contributed by atoms with Crippen molar-refractivity contribution < 1.29 is 4.79 Å². The zero-order valence-corrected chi connectivity index (χ0v) is 8.09. The molecule has 0 bridgehead atoms. The van der Waals surface area contributed by atoms with Crippen molar-refractivity contribution >= 4 is 18.0 Å². The molecule has 2 N–H and O–H groups in total. The van der Waals surface area contributed by atoms with Crippen LogP contribution in [0, 0.1) is 0 Å². The molecule has 3 nitrogen and oxygen atoms in total. The van der Waals surface area contributed by atoms with Crippen LogP contribution in [0.15, 0.2) is 0 Å². The number of nitrogens with two attached hydrogens (primary N) is 1. The molecule has 0 spiro atoms. The molecule has 72 valence electrons. The fourth-order valence-corrected chi connectivity index (χ4v) is 1.54. The molecular weight excluding hydrogens is 176 g/mol. The number of alkyl halides is 1. The summed E-state index contributed by atoms with van der Waals surface area (Å²) >= 11 is 5.59. The first-order chi connectivity index (χ1) is 5.85. The number of nitrogens with zero attached hydrogens (tertiary/aromatic N) is 1. The molecular formula is C8H17ClN2O. The van der Waals surface area contributed by atoms with Crippen molar-refractivity contribution in [3.05, 3.63) is 0 Å². The highest BCUT2D eigenvalue weighted by atomic mass is 35.5. The molecule has 0 unspecified atom stereocenters. The minimum atomic E-state index is 0.250. The van der Waals surface area contributed by atoms with E-state index in [4.69, 9.17) is 16.4 Å². The number of likely N-dealkylation sites (tertiary alicyclic amines) is 1. The number of carbonyl (C=O) groups excluding carboxylic acids is 1. The van der Waals surface area contributed by atoms with Gasteiger partial charge in [0.15, 0.2) is 0 Å². The number of carbonyl (C=O) groups is 1. The fourth-order valence-electron chi connectivity index (χ4n) is 1.30. The molecule has 0 radical (unpaired) electrons. The second-order valence-corrected chi connectivity index (χ2v) is 3.11. The average Bonchev–Trinajstić information content (AvgIpc) is 2.08. The van der Waals surface area contributed by atoms with E-state index in [9.17, 15) is 0 Å². The molecule has 1 saturated heterocycles. The van der Waals surface area contributed by atoms with Crippen LogP contribution in [0.3, 0.4) is 0 Å². The van der Waals surface area contributed by atoms with E-state index >= 15 is 0 Å². The first-order valence-electron chi connectivity index (χ1n) is 4.28. The van der Waals surface area contributed by atoms with Crippen molar-refractivity contribution in [2.75, 3.05) is 25.5 Å². The second-order valence-electron chi connectivity index (χ2n) is 2.73. The van der Waals surface area contributed by atoms with Crippen molar-refractivity contribution in [1.29, 1.82) is 0 Å². The zero-order valence-electron chi connectivity index (χ0n) is 7.34. The number of primary amides is 1. The predicted octanol–water partition coefficient (Wildman–Crippen LogP) is 0.813. The van der Waals surface area contributed by atoms with Gasteiger partial charge in [0.2, 0.25) is 6.41 Å². The molecule has 1 fully saturated rings. The molecule has 0 aliphatic carbocycles. The van der Waals surface area contributed by atoms with Crippen molar-refractivity contribution in [3.8, 4) is 0 Å². The van der Waals surface area contributed by atoms with Crippen LogP contribution in [0.2, 0.25) is 0 Å². The van der Waals surface area contributed by atoms with Crippen LogP contribution in [-0.2, 0) is 4.79 Å². The number of hydrogen-bond acceptors (Lipinski definition) is 2. The summed E-state index contributed by atoms with van der Waals surface area (Å²) in [5.74, 6) is 0.792. The first-order valence-corrected chi connectivity index (χ1v) is 4.82. The van der Waals surface area contributed by atoms with E-state index in [1.165, 1.54) is 32.4 Å². The summed E-state index contributed by atoms with van der Waals surface area (Å²) in [6, 6.07) is 0. The third-order valence-electron chi connectivity index (χ3n) is 1.85. The van der Waals surface area contributed by atoms with Gasteiger partial charge in [-0.15, -0.1) is 11.6 Å². The third-order valence-corrected chi connectivity index (χ3v) is 2.02. The van der Waals surface area contributed by atoms with E-state index in [1.54, 1.807) is 0 Å². The van der Waals surface area contributed by atoms with E-state index in [0.29, 0.717) is 0 Å². The minimum Gasteiger partial charge on any atom is -0.372 e. The average molecular weight is 193 g/mol. The Hall–Kier alpha value is -0.280. The lowest BCUT2D eigenvalue weighted by Crippen LogP contribution is -2.31. The zero-order chi connectivity index (χ0) is 9.23. The molecule has 0 aromatic carbocycles. The van der Waals surface area contributed by atoms with Gasteiger partial charge in [0.05, 0.1) is 0 Å². The summed E-state index contributed by atoms with van der Waals surface area (Å²) in [5.41, 5.74) is 4.17. The van der Waals surface area contributed by atoms with Crippen LogP contribution in [-0.4, -0.2) is 36.8 Å². The van der Waals surface area contributed by atoms with Crippen LogP contribution in [0.4, 0.5) is 0 Å². The summed E-state index contributed by atoms with van der Waals surface area (Å²) in [6.45, 7) is 3.63. The number of piperidine rings is 1. The van der Waals surface area contributed by atoms with Gasteiger partial charge >= 0.3 is 0 Å². The van der Waals surface area contributed by atoms with Crippen LogP contribution in [0.25, 0.3) is 0 Å². The number of halogens is 1. The van der Waals surface area contributed by atoms with E-state index < -0.39 is 0 Å². The first kappa shape index (κ1) is 11.7. The lowest BCUT2D eigenvalue weighted by Gasteiger charge is -2.25. The normalized spacial score (nSPS) is 17.8. The highest BCUT2D eigenvalue weighted by Gasteiger charge is 2.07. The van der Waals surface area contributed by atoms with Crippen LogP contribution in [0.5, 0.6) is 0 Å². The van der Waals surface area contributed by atoms with E-state index in [2.05, 4.69) is 10.6 Å². The second kappa shape index (κ2) is 8.81. The minimum absolute atomic E-state index is 0.250. The maximum absolute atomic E-state index is 8.58. The predicted molar refractivity (Wildman–Crippen MR) is 51.3 cm³/mol. The number of hydrogen-bond donors (Lipinski definition) is 1. The van der Waals surface area contributed by atoms with Gasteiger partial charge in [0.25, 0.3) is 0 Å². The Morgan fingerprint density at radius 3 is 2.25 bits per heavy atom. The van der Waals surface area contributed by atoms with Gasteiger partial charge in [-0.3, -0.25) is 4.79 Å². The SMILES string of the molecule is ClCCN1CCCCC1.NC=O. The highest BCUT2D eigenvalue weighted by molar-refractivity contribution is 6.18. The number of rotatable bonds is 2. The van der Waals surface area contributed by atoms with Crippen molar-refractivity contribution in [2.45, 2.75) is 19.3 Å². The summed E-state index contributed by atoms with van der Waals surface area (Å²) in [4.78, 5) is 11.0. The smallest absolute Gasteiger partial charge is 0.204 e. The van der Waals surface area contributed by atoms with Crippen molar-refractivity contribution in [3.63, 3.8) is 0 Å². The Balaban J connectivity index is 0.000000354. The standard InChI is InChI=1S/C7H14ClN.CH3NO/c8-4-7-9-5-2-1-3-6-9;2-1-3/h1-7H2;1H,(H2,2,3). The molecule has 1 aliphatic rings. The molecule has 4 heteroatoms. The lowest BCUT2D eigenvalue weighted by molar-refractivity contribution is -0.106. The van der Waals surface area contributed by atoms with E-state index in [-0.39, 0.29) is 6.41 Å². The molecule has 1 amide bonds. The van der Waals surface area contributed by atoms with Crippen LogP contribution >= 0.6 is 11.6 Å². The van der Waals surface area contributed by atoms with Gasteiger partial charge < -0.3 is 10.6 Å². The van der Waals surface area contributed by atoms with Gasteiger partial charge in [0.1, 0.15) is 0 Å². The summed E-state index contributed by atoms with van der Waals surface area (Å²) in [7, 11) is 0. The Morgan fingerprint density at radius 2 is 1.83 bits per heavy atom. The summed E-state index contributed by atoms with van der Waals surface area (Å²) < 4.78 is 0. The molecule has 0 aromatic rings. The molecule has 0 atom stereocenters. The van der Waals surface area contributed by atoms with Crippen LogP contribution in [0.1, 0.15) is 19.3 Å². The monoisotopic (exact) mass is 192 g/mol. The van der Waals surface area contributed by atoms with Gasteiger partial charge in [0, 0.05) is 12.4 Å².